The maximum atomic E-state index is 5.46. The minimum Gasteiger partial charge on any atom is -0.398 e. The maximum Gasteiger partial charge on any atom is 0.238 e. The van der Waals surface area contributed by atoms with Crippen molar-refractivity contribution in [2.24, 2.45) is 0 Å². The number of hydrogen-bond acceptors (Lipinski definition) is 5. The molecule has 11 heavy (non-hydrogen) atoms. The van der Waals surface area contributed by atoms with Gasteiger partial charge in [0.2, 0.25) is 5.65 Å². The average Bonchev–Trinajstić information content (AvgIpc) is 2.54. The summed E-state index contributed by atoms with van der Waals surface area (Å²) in [7, 11) is 1.49. The first-order chi connectivity index (χ1) is 5.33. The first-order valence-electron chi connectivity index (χ1n) is 2.92. The normalized spacial score (nSPS) is 10.6. The van der Waals surface area contributed by atoms with E-state index in [-0.39, 0.29) is 0 Å². The molecule has 0 amide bonds. The summed E-state index contributed by atoms with van der Waals surface area (Å²) >= 11 is 0. The second kappa shape index (κ2) is 1.84. The summed E-state index contributed by atoms with van der Waals surface area (Å²) in [5.74, 6) is 0.296. The Kier molecular flexibility index (Phi) is 0.999. The first-order valence-corrected chi connectivity index (χ1v) is 2.92. The van der Waals surface area contributed by atoms with Crippen molar-refractivity contribution in [2.45, 2.75) is 0 Å². The van der Waals surface area contributed by atoms with Crippen molar-refractivity contribution in [1.82, 2.24) is 24.8 Å². The molecule has 7 heteroatoms. The third-order valence-electron chi connectivity index (χ3n) is 1.31. The molecule has 2 aromatic rings. The number of hydrogen-bond donors (Lipinski definition) is 1. The molecule has 0 fully saturated rings. The number of fused-ring (bicyclic) bond motifs is 1. The van der Waals surface area contributed by atoms with Gasteiger partial charge in [-0.1, -0.05) is 10.1 Å². The number of nitrogens with zero attached hydrogens (tertiary/aromatic N) is 5. The highest BCUT2D eigenvalue weighted by molar-refractivity contribution is 5.57. The van der Waals surface area contributed by atoms with E-state index in [1.165, 1.54) is 22.8 Å². The SMILES string of the molecule is COn1ncn2nnc(N)c12. The Balaban J connectivity index is 2.80. The van der Waals surface area contributed by atoms with Crippen LogP contribution in [0.15, 0.2) is 6.33 Å². The quantitative estimate of drug-likeness (QED) is 0.544. The fourth-order valence-electron chi connectivity index (χ4n) is 0.848. The van der Waals surface area contributed by atoms with E-state index in [0.717, 1.165) is 0 Å². The summed E-state index contributed by atoms with van der Waals surface area (Å²) in [4.78, 5) is 6.08. The van der Waals surface area contributed by atoms with Gasteiger partial charge in [0.25, 0.3) is 0 Å². The van der Waals surface area contributed by atoms with Crippen LogP contribution in [-0.2, 0) is 0 Å². The number of rotatable bonds is 1. The highest BCUT2D eigenvalue weighted by atomic mass is 16.7. The van der Waals surface area contributed by atoms with Gasteiger partial charge < -0.3 is 10.6 Å². The van der Waals surface area contributed by atoms with Gasteiger partial charge in [0, 0.05) is 0 Å². The standard InChI is InChI=1S/C4H6N6O/c1-11-10-4-3(5)7-8-9(4)2-6-10/h2H,5H2,1H3. The van der Waals surface area contributed by atoms with Crippen LogP contribution in [0.3, 0.4) is 0 Å². The van der Waals surface area contributed by atoms with Gasteiger partial charge in [-0.15, -0.1) is 10.2 Å². The summed E-state index contributed by atoms with van der Waals surface area (Å²) in [6.45, 7) is 0. The molecule has 0 saturated carbocycles. The molecule has 0 atom stereocenters. The summed E-state index contributed by atoms with van der Waals surface area (Å²) in [6.07, 6.45) is 1.46. The van der Waals surface area contributed by atoms with Crippen molar-refractivity contribution in [3.05, 3.63) is 6.33 Å². The molecule has 2 heterocycles. The Morgan fingerprint density at radius 3 is 3.18 bits per heavy atom. The summed E-state index contributed by atoms with van der Waals surface area (Å²) in [6, 6.07) is 0. The topological polar surface area (TPSA) is 83.3 Å². The molecule has 2 N–H and O–H groups in total. The van der Waals surface area contributed by atoms with Crippen molar-refractivity contribution >= 4 is 11.5 Å². The molecule has 0 aromatic carbocycles. The van der Waals surface area contributed by atoms with Gasteiger partial charge in [0.05, 0.1) is 0 Å². The Morgan fingerprint density at radius 2 is 2.45 bits per heavy atom. The van der Waals surface area contributed by atoms with Crippen molar-refractivity contribution in [2.75, 3.05) is 12.8 Å². The van der Waals surface area contributed by atoms with Crippen LogP contribution in [0.1, 0.15) is 0 Å². The van der Waals surface area contributed by atoms with E-state index in [4.69, 9.17) is 10.6 Å². The molecule has 2 aromatic heterocycles. The fourth-order valence-corrected chi connectivity index (χ4v) is 0.848. The lowest BCUT2D eigenvalue weighted by molar-refractivity contribution is 0.145. The Bertz CT molecular complexity index is 375. The smallest absolute Gasteiger partial charge is 0.238 e. The lowest BCUT2D eigenvalue weighted by atomic mass is 10.7. The second-order valence-corrected chi connectivity index (χ2v) is 1.93. The molecule has 0 aliphatic carbocycles. The minimum atomic E-state index is 0.296. The molecule has 0 aliphatic heterocycles. The van der Waals surface area contributed by atoms with Crippen molar-refractivity contribution in [3.8, 4) is 0 Å². The molecule has 58 valence electrons. The predicted octanol–water partition coefficient (Wildman–Crippen LogP) is -1.43. The molecule has 0 spiro atoms. The van der Waals surface area contributed by atoms with Crippen molar-refractivity contribution < 1.29 is 4.84 Å². The van der Waals surface area contributed by atoms with Gasteiger partial charge in [-0.25, -0.2) is 0 Å². The fraction of sp³-hybridized carbons (Fsp3) is 0.250. The zero-order valence-corrected chi connectivity index (χ0v) is 5.80. The van der Waals surface area contributed by atoms with E-state index in [0.29, 0.717) is 11.5 Å². The van der Waals surface area contributed by atoms with E-state index >= 15 is 0 Å². The third-order valence-corrected chi connectivity index (χ3v) is 1.31. The van der Waals surface area contributed by atoms with Crippen LogP contribution in [0.4, 0.5) is 5.82 Å². The molecule has 0 aliphatic rings. The van der Waals surface area contributed by atoms with E-state index < -0.39 is 0 Å². The highest BCUT2D eigenvalue weighted by Gasteiger charge is 2.08. The van der Waals surface area contributed by atoms with Crippen LogP contribution in [-0.4, -0.2) is 31.9 Å². The van der Waals surface area contributed by atoms with Crippen LogP contribution >= 0.6 is 0 Å². The number of nitrogens with two attached hydrogens (primary N) is 1. The van der Waals surface area contributed by atoms with Gasteiger partial charge >= 0.3 is 0 Å². The zero-order chi connectivity index (χ0) is 7.84. The van der Waals surface area contributed by atoms with Gasteiger partial charge in [0.1, 0.15) is 13.4 Å². The Morgan fingerprint density at radius 1 is 1.64 bits per heavy atom. The van der Waals surface area contributed by atoms with Gasteiger partial charge in [-0.2, -0.15) is 4.52 Å². The third kappa shape index (κ3) is 0.642. The monoisotopic (exact) mass is 154 g/mol. The Hall–Kier alpha value is -1.79. The van der Waals surface area contributed by atoms with Crippen molar-refractivity contribution in [1.29, 1.82) is 0 Å². The molecule has 2 rings (SSSR count). The molecular weight excluding hydrogens is 148 g/mol. The van der Waals surface area contributed by atoms with E-state index in [9.17, 15) is 0 Å². The van der Waals surface area contributed by atoms with Crippen LogP contribution in [0.25, 0.3) is 5.65 Å². The minimum absolute atomic E-state index is 0.296. The lowest BCUT2D eigenvalue weighted by Crippen LogP contribution is -2.08. The number of nitrogen functional groups attached to an aromatic ring is 1. The molecular formula is C4H6N6O. The first kappa shape index (κ1) is 5.96. The second-order valence-electron chi connectivity index (χ2n) is 1.93. The summed E-state index contributed by atoms with van der Waals surface area (Å²) < 4.78 is 1.43. The average molecular weight is 154 g/mol. The Labute approximate surface area is 61.3 Å². The van der Waals surface area contributed by atoms with Crippen molar-refractivity contribution in [3.63, 3.8) is 0 Å². The largest absolute Gasteiger partial charge is 0.398 e. The molecule has 0 radical (unpaired) electrons. The summed E-state index contributed by atoms with van der Waals surface area (Å²) in [5, 5.41) is 11.1. The van der Waals surface area contributed by atoms with Gasteiger partial charge in [0.15, 0.2) is 5.82 Å². The van der Waals surface area contributed by atoms with E-state index in [2.05, 4.69) is 15.4 Å². The van der Waals surface area contributed by atoms with E-state index in [1.807, 2.05) is 0 Å². The van der Waals surface area contributed by atoms with Gasteiger partial charge in [-0.05, 0) is 0 Å². The van der Waals surface area contributed by atoms with Crippen LogP contribution in [0.2, 0.25) is 0 Å². The van der Waals surface area contributed by atoms with Gasteiger partial charge in [-0.3, -0.25) is 0 Å². The molecule has 7 nitrogen and oxygen atoms in total. The number of aromatic nitrogens is 5. The van der Waals surface area contributed by atoms with Crippen LogP contribution in [0.5, 0.6) is 0 Å². The van der Waals surface area contributed by atoms with Crippen LogP contribution < -0.4 is 10.6 Å². The summed E-state index contributed by atoms with van der Waals surface area (Å²) in [5.41, 5.74) is 6.00. The predicted molar refractivity (Wildman–Crippen MR) is 35.7 cm³/mol. The molecule has 0 unspecified atom stereocenters. The molecule has 0 bridgehead atoms. The molecule has 0 saturated heterocycles. The number of anilines is 1. The van der Waals surface area contributed by atoms with E-state index in [1.54, 1.807) is 0 Å². The maximum absolute atomic E-state index is 5.46. The highest BCUT2D eigenvalue weighted by Crippen LogP contribution is 2.05. The zero-order valence-electron chi connectivity index (χ0n) is 5.80. The van der Waals surface area contributed by atoms with Crippen LogP contribution in [0, 0.1) is 0 Å². The lowest BCUT2D eigenvalue weighted by Gasteiger charge is -1.94.